The summed E-state index contributed by atoms with van der Waals surface area (Å²) in [6.07, 6.45) is 3.77. The molecule has 1 atom stereocenters. The van der Waals surface area contributed by atoms with E-state index < -0.39 is 0 Å². The fourth-order valence-corrected chi connectivity index (χ4v) is 2.19. The summed E-state index contributed by atoms with van der Waals surface area (Å²) in [4.78, 5) is 0. The number of nitrogens with one attached hydrogen (secondary N) is 1. The van der Waals surface area contributed by atoms with E-state index in [2.05, 4.69) is 5.32 Å². The van der Waals surface area contributed by atoms with Gasteiger partial charge in [-0.2, -0.15) is 0 Å². The van der Waals surface area contributed by atoms with Gasteiger partial charge in [0.15, 0.2) is 0 Å². The van der Waals surface area contributed by atoms with Gasteiger partial charge in [-0.15, -0.1) is 0 Å². The number of ether oxygens (including phenoxy) is 2. The van der Waals surface area contributed by atoms with Crippen LogP contribution in [0.2, 0.25) is 0 Å². The van der Waals surface area contributed by atoms with Crippen LogP contribution < -0.4 is 14.8 Å². The second kappa shape index (κ2) is 6.50. The molecule has 0 radical (unpaired) electrons. The molecule has 0 aromatic heterocycles. The van der Waals surface area contributed by atoms with Gasteiger partial charge in [0.2, 0.25) is 0 Å². The van der Waals surface area contributed by atoms with Gasteiger partial charge in [0.25, 0.3) is 0 Å². The normalized spacial score (nSPS) is 19.9. The van der Waals surface area contributed by atoms with Crippen molar-refractivity contribution >= 4 is 0 Å². The molecular formula is C14H21NO2. The number of hydrogen-bond acceptors (Lipinski definition) is 3. The van der Waals surface area contributed by atoms with E-state index in [4.69, 9.17) is 9.47 Å². The fraction of sp³-hybridized carbons (Fsp3) is 0.571. The molecule has 94 valence electrons. The van der Waals surface area contributed by atoms with Gasteiger partial charge >= 0.3 is 0 Å². The number of piperidine rings is 1. The summed E-state index contributed by atoms with van der Waals surface area (Å²) in [5, 5.41) is 3.43. The molecule has 1 aromatic rings. The predicted molar refractivity (Wildman–Crippen MR) is 68.7 cm³/mol. The van der Waals surface area contributed by atoms with E-state index in [9.17, 15) is 0 Å². The highest BCUT2D eigenvalue weighted by Gasteiger charge is 2.12. The summed E-state index contributed by atoms with van der Waals surface area (Å²) in [6, 6.07) is 7.77. The molecule has 1 N–H and O–H groups in total. The largest absolute Gasteiger partial charge is 0.497 e. The Kier molecular flexibility index (Phi) is 4.68. The Morgan fingerprint density at radius 1 is 1.24 bits per heavy atom. The third-order valence-corrected chi connectivity index (χ3v) is 3.25. The topological polar surface area (TPSA) is 30.5 Å². The second-order valence-electron chi connectivity index (χ2n) is 4.53. The van der Waals surface area contributed by atoms with Gasteiger partial charge in [0.1, 0.15) is 11.5 Å². The minimum Gasteiger partial charge on any atom is -0.497 e. The van der Waals surface area contributed by atoms with Gasteiger partial charge in [0.05, 0.1) is 13.7 Å². The van der Waals surface area contributed by atoms with E-state index in [1.807, 2.05) is 24.3 Å². The van der Waals surface area contributed by atoms with Crippen molar-refractivity contribution in [2.75, 3.05) is 26.8 Å². The summed E-state index contributed by atoms with van der Waals surface area (Å²) in [6.45, 7) is 3.13. The van der Waals surface area contributed by atoms with Crippen LogP contribution in [0, 0.1) is 5.92 Å². The Morgan fingerprint density at radius 2 is 2.00 bits per heavy atom. The van der Waals surface area contributed by atoms with Crippen molar-refractivity contribution in [1.29, 1.82) is 0 Å². The Labute approximate surface area is 103 Å². The van der Waals surface area contributed by atoms with E-state index in [-0.39, 0.29) is 0 Å². The van der Waals surface area contributed by atoms with Crippen molar-refractivity contribution in [2.45, 2.75) is 19.3 Å². The molecule has 0 bridgehead atoms. The van der Waals surface area contributed by atoms with Crippen LogP contribution in [0.1, 0.15) is 19.3 Å². The quantitative estimate of drug-likeness (QED) is 0.850. The van der Waals surface area contributed by atoms with Crippen LogP contribution in [-0.4, -0.2) is 26.8 Å². The van der Waals surface area contributed by atoms with Crippen LogP contribution in [0.3, 0.4) is 0 Å². The number of methoxy groups -OCH3 is 1. The van der Waals surface area contributed by atoms with E-state index in [1.54, 1.807) is 7.11 Å². The van der Waals surface area contributed by atoms with E-state index in [1.165, 1.54) is 19.4 Å². The lowest BCUT2D eigenvalue weighted by Gasteiger charge is -2.22. The predicted octanol–water partition coefficient (Wildman–Crippen LogP) is 2.46. The minimum atomic E-state index is 0.780. The lowest BCUT2D eigenvalue weighted by atomic mass is 9.97. The van der Waals surface area contributed by atoms with Crippen molar-refractivity contribution in [3.8, 4) is 11.5 Å². The molecule has 1 saturated heterocycles. The molecule has 0 aliphatic carbocycles. The summed E-state index contributed by atoms with van der Waals surface area (Å²) in [7, 11) is 1.67. The Morgan fingerprint density at radius 3 is 2.65 bits per heavy atom. The Bertz CT molecular complexity index is 317. The van der Waals surface area contributed by atoms with Gasteiger partial charge in [0, 0.05) is 0 Å². The molecule has 3 heteroatoms. The average Bonchev–Trinajstić information content (AvgIpc) is 2.41. The summed E-state index contributed by atoms with van der Waals surface area (Å²) < 4.78 is 10.8. The van der Waals surface area contributed by atoms with Crippen molar-refractivity contribution < 1.29 is 9.47 Å². The Hall–Kier alpha value is -1.22. The Balaban J connectivity index is 1.69. The van der Waals surface area contributed by atoms with E-state index in [0.717, 1.165) is 37.0 Å². The molecule has 0 unspecified atom stereocenters. The molecule has 2 rings (SSSR count). The maximum atomic E-state index is 5.72. The second-order valence-corrected chi connectivity index (χ2v) is 4.53. The highest BCUT2D eigenvalue weighted by molar-refractivity contribution is 5.31. The van der Waals surface area contributed by atoms with Gasteiger partial charge in [-0.3, -0.25) is 0 Å². The van der Waals surface area contributed by atoms with Crippen LogP contribution in [0.5, 0.6) is 11.5 Å². The first-order chi connectivity index (χ1) is 8.38. The lowest BCUT2D eigenvalue weighted by molar-refractivity contribution is 0.254. The van der Waals surface area contributed by atoms with Crippen LogP contribution in [-0.2, 0) is 0 Å². The minimum absolute atomic E-state index is 0.780. The van der Waals surface area contributed by atoms with Crippen molar-refractivity contribution in [2.24, 2.45) is 5.92 Å². The molecule has 3 nitrogen and oxygen atoms in total. The van der Waals surface area contributed by atoms with Gasteiger partial charge in [-0.05, 0) is 62.5 Å². The molecule has 1 aromatic carbocycles. The molecule has 1 aliphatic rings. The number of hydrogen-bond donors (Lipinski definition) is 1. The zero-order valence-corrected chi connectivity index (χ0v) is 10.4. The molecule has 1 heterocycles. The molecule has 17 heavy (non-hydrogen) atoms. The van der Waals surface area contributed by atoms with E-state index in [0.29, 0.717) is 0 Å². The molecule has 1 aliphatic heterocycles. The lowest BCUT2D eigenvalue weighted by Crippen LogP contribution is -2.30. The van der Waals surface area contributed by atoms with Crippen molar-refractivity contribution in [1.82, 2.24) is 5.32 Å². The number of rotatable bonds is 5. The molecule has 0 amide bonds. The SMILES string of the molecule is COc1ccc(OCC[C@@H]2CCCNC2)cc1. The smallest absolute Gasteiger partial charge is 0.119 e. The molecule has 0 spiro atoms. The highest BCUT2D eigenvalue weighted by atomic mass is 16.5. The average molecular weight is 235 g/mol. The zero-order valence-electron chi connectivity index (χ0n) is 10.4. The maximum absolute atomic E-state index is 5.72. The number of benzene rings is 1. The first-order valence-corrected chi connectivity index (χ1v) is 6.36. The third kappa shape index (κ3) is 3.93. The van der Waals surface area contributed by atoms with Crippen molar-refractivity contribution in [3.63, 3.8) is 0 Å². The summed E-state index contributed by atoms with van der Waals surface area (Å²) in [5.74, 6) is 2.57. The standard InChI is InChI=1S/C14H21NO2/c1-16-13-4-6-14(7-5-13)17-10-8-12-3-2-9-15-11-12/h4-7,12,15H,2-3,8-11H2,1H3/t12-/m0/s1. The summed E-state index contributed by atoms with van der Waals surface area (Å²) in [5.41, 5.74) is 0. The summed E-state index contributed by atoms with van der Waals surface area (Å²) >= 11 is 0. The molecule has 1 fully saturated rings. The monoisotopic (exact) mass is 235 g/mol. The van der Waals surface area contributed by atoms with E-state index >= 15 is 0 Å². The molecular weight excluding hydrogens is 214 g/mol. The first-order valence-electron chi connectivity index (χ1n) is 6.36. The zero-order chi connectivity index (χ0) is 11.9. The van der Waals surface area contributed by atoms with Crippen molar-refractivity contribution in [3.05, 3.63) is 24.3 Å². The van der Waals surface area contributed by atoms with Crippen LogP contribution >= 0.6 is 0 Å². The van der Waals surface area contributed by atoms with Gasteiger partial charge in [-0.1, -0.05) is 0 Å². The van der Waals surface area contributed by atoms with Crippen LogP contribution in [0.15, 0.2) is 24.3 Å². The van der Waals surface area contributed by atoms with Crippen LogP contribution in [0.25, 0.3) is 0 Å². The highest BCUT2D eigenvalue weighted by Crippen LogP contribution is 2.19. The molecule has 0 saturated carbocycles. The third-order valence-electron chi connectivity index (χ3n) is 3.25. The van der Waals surface area contributed by atoms with Gasteiger partial charge in [-0.25, -0.2) is 0 Å². The maximum Gasteiger partial charge on any atom is 0.119 e. The fourth-order valence-electron chi connectivity index (χ4n) is 2.19. The van der Waals surface area contributed by atoms with Gasteiger partial charge < -0.3 is 14.8 Å². The van der Waals surface area contributed by atoms with Crippen LogP contribution in [0.4, 0.5) is 0 Å². The first kappa shape index (κ1) is 12.2.